The van der Waals surface area contributed by atoms with Crippen LogP contribution in [-0.4, -0.2) is 37.0 Å². The van der Waals surface area contributed by atoms with E-state index in [4.69, 9.17) is 14.6 Å². The molecule has 0 heterocycles. The molecule has 0 aliphatic heterocycles. The van der Waals surface area contributed by atoms with Gasteiger partial charge >= 0.3 is 5.97 Å². The summed E-state index contributed by atoms with van der Waals surface area (Å²) in [6.07, 6.45) is 18.3. The van der Waals surface area contributed by atoms with Gasteiger partial charge in [-0.25, -0.2) is 0 Å². The summed E-state index contributed by atoms with van der Waals surface area (Å²) in [5, 5.41) is 8.57. The number of unbranched alkanes of at least 4 members (excludes halogenated alkanes) is 12. The van der Waals surface area contributed by atoms with Crippen LogP contribution in [0.25, 0.3) is 0 Å². The fraction of sp³-hybridized carbons (Fsp3) is 0.955. The van der Waals surface area contributed by atoms with Gasteiger partial charge in [0.2, 0.25) is 0 Å². The molecule has 4 heteroatoms. The Balaban J connectivity index is 3.24. The Labute approximate surface area is 162 Å². The maximum atomic E-state index is 10.4. The zero-order chi connectivity index (χ0) is 19.5. The van der Waals surface area contributed by atoms with Crippen molar-refractivity contribution in [3.8, 4) is 0 Å². The normalized spacial score (nSPS) is 12.6. The molecule has 26 heavy (non-hydrogen) atoms. The Kier molecular flexibility index (Phi) is 18.7. The van der Waals surface area contributed by atoms with Crippen LogP contribution in [0.3, 0.4) is 0 Å². The molecule has 0 fully saturated rings. The third-order valence-electron chi connectivity index (χ3n) is 4.73. The van der Waals surface area contributed by atoms with E-state index in [-0.39, 0.29) is 12.2 Å². The Morgan fingerprint density at radius 1 is 0.769 bits per heavy atom. The second kappa shape index (κ2) is 19.2. The van der Waals surface area contributed by atoms with E-state index >= 15 is 0 Å². The lowest BCUT2D eigenvalue weighted by Crippen LogP contribution is -2.22. The molecule has 1 unspecified atom stereocenters. The Morgan fingerprint density at radius 2 is 1.19 bits per heavy atom. The third kappa shape index (κ3) is 19.7. The van der Waals surface area contributed by atoms with Crippen molar-refractivity contribution in [3.63, 3.8) is 0 Å². The Bertz CT molecular complexity index is 305. The number of methoxy groups -OCH3 is 1. The number of ether oxygens (including phenoxy) is 2. The van der Waals surface area contributed by atoms with Crippen molar-refractivity contribution in [2.45, 2.75) is 122 Å². The number of carboxylic acids is 1. The van der Waals surface area contributed by atoms with Gasteiger partial charge in [-0.3, -0.25) is 4.79 Å². The zero-order valence-corrected chi connectivity index (χ0v) is 17.6. The number of carbonyl (C=O) groups is 1. The van der Waals surface area contributed by atoms with Crippen molar-refractivity contribution in [1.29, 1.82) is 0 Å². The van der Waals surface area contributed by atoms with Crippen molar-refractivity contribution < 1.29 is 19.4 Å². The molecule has 156 valence electrons. The summed E-state index contributed by atoms with van der Waals surface area (Å²) in [5.74, 6) is -0.663. The second-order valence-electron chi connectivity index (χ2n) is 7.79. The first-order valence-electron chi connectivity index (χ1n) is 10.9. The molecule has 0 radical (unpaired) electrons. The predicted molar refractivity (Wildman–Crippen MR) is 109 cm³/mol. The van der Waals surface area contributed by atoms with Crippen molar-refractivity contribution in [2.75, 3.05) is 13.7 Å². The maximum absolute atomic E-state index is 10.4. The highest BCUT2D eigenvalue weighted by Gasteiger charge is 2.10. The average molecular weight is 373 g/mol. The summed E-state index contributed by atoms with van der Waals surface area (Å²) in [4.78, 5) is 10.4. The van der Waals surface area contributed by atoms with Gasteiger partial charge in [-0.2, -0.15) is 0 Å². The van der Waals surface area contributed by atoms with Gasteiger partial charge in [-0.15, -0.1) is 0 Å². The van der Waals surface area contributed by atoms with E-state index < -0.39 is 5.97 Å². The quantitative estimate of drug-likeness (QED) is 0.253. The summed E-state index contributed by atoms with van der Waals surface area (Å²) in [6.45, 7) is 4.88. The van der Waals surface area contributed by atoms with E-state index in [0.29, 0.717) is 13.0 Å². The molecule has 4 nitrogen and oxygen atoms in total. The van der Waals surface area contributed by atoms with Gasteiger partial charge in [-0.1, -0.05) is 77.0 Å². The van der Waals surface area contributed by atoms with Gasteiger partial charge in [0.15, 0.2) is 0 Å². The van der Waals surface area contributed by atoms with E-state index in [1.165, 1.54) is 70.6 Å². The predicted octanol–water partition coefficient (Wildman–Crippen LogP) is 6.36. The highest BCUT2D eigenvalue weighted by molar-refractivity contribution is 5.66. The minimum Gasteiger partial charge on any atom is -0.481 e. The van der Waals surface area contributed by atoms with Crippen LogP contribution < -0.4 is 0 Å². The molecule has 0 aromatic heterocycles. The van der Waals surface area contributed by atoms with Crippen molar-refractivity contribution in [3.05, 3.63) is 0 Å². The smallest absolute Gasteiger partial charge is 0.303 e. The Morgan fingerprint density at radius 3 is 1.58 bits per heavy atom. The van der Waals surface area contributed by atoms with Crippen molar-refractivity contribution >= 4 is 5.97 Å². The van der Waals surface area contributed by atoms with Gasteiger partial charge in [0.05, 0.1) is 18.8 Å². The lowest BCUT2D eigenvalue weighted by atomic mass is 10.0. The molecule has 0 aromatic carbocycles. The minimum absolute atomic E-state index is 0.254. The maximum Gasteiger partial charge on any atom is 0.303 e. The molecular weight excluding hydrogens is 328 g/mol. The van der Waals surface area contributed by atoms with E-state index in [9.17, 15) is 4.79 Å². The monoisotopic (exact) mass is 372 g/mol. The zero-order valence-electron chi connectivity index (χ0n) is 17.6. The van der Waals surface area contributed by atoms with Crippen LogP contribution in [0.2, 0.25) is 0 Å². The molecule has 1 N–H and O–H groups in total. The van der Waals surface area contributed by atoms with Gasteiger partial charge in [0.1, 0.15) is 0 Å². The van der Waals surface area contributed by atoms with Crippen LogP contribution in [0.15, 0.2) is 0 Å². The number of hydrogen-bond donors (Lipinski definition) is 1. The molecule has 0 saturated heterocycles. The van der Waals surface area contributed by atoms with Crippen LogP contribution in [0.4, 0.5) is 0 Å². The summed E-state index contributed by atoms with van der Waals surface area (Å²) in [5.41, 5.74) is 0. The van der Waals surface area contributed by atoms with Gasteiger partial charge < -0.3 is 14.6 Å². The average Bonchev–Trinajstić information content (AvgIpc) is 2.57. The van der Waals surface area contributed by atoms with Crippen LogP contribution in [0.1, 0.15) is 110 Å². The molecule has 0 saturated carbocycles. The highest BCUT2D eigenvalue weighted by Crippen LogP contribution is 2.15. The Hall–Kier alpha value is -0.610. The highest BCUT2D eigenvalue weighted by atomic mass is 16.5. The molecule has 0 aliphatic carbocycles. The molecule has 0 bridgehead atoms. The molecule has 0 aromatic rings. The second-order valence-corrected chi connectivity index (χ2v) is 7.79. The number of aliphatic carboxylic acids is 1. The lowest BCUT2D eigenvalue weighted by molar-refractivity contribution is -0.137. The van der Waals surface area contributed by atoms with E-state index in [2.05, 4.69) is 13.8 Å². The minimum atomic E-state index is -0.663. The number of rotatable bonds is 20. The fourth-order valence-corrected chi connectivity index (χ4v) is 3.35. The first-order chi connectivity index (χ1) is 12.6. The van der Waals surface area contributed by atoms with Crippen molar-refractivity contribution in [1.82, 2.24) is 0 Å². The molecule has 0 amide bonds. The first kappa shape index (κ1) is 25.4. The van der Waals surface area contributed by atoms with Crippen LogP contribution in [0, 0.1) is 0 Å². The van der Waals surface area contributed by atoms with Gasteiger partial charge in [0.25, 0.3) is 0 Å². The summed E-state index contributed by atoms with van der Waals surface area (Å²) >= 11 is 0. The fourth-order valence-electron chi connectivity index (χ4n) is 3.35. The molecule has 0 spiro atoms. The molecule has 1 atom stereocenters. The van der Waals surface area contributed by atoms with Gasteiger partial charge in [0, 0.05) is 13.5 Å². The van der Waals surface area contributed by atoms with Crippen LogP contribution in [0.5, 0.6) is 0 Å². The van der Waals surface area contributed by atoms with Crippen LogP contribution >= 0.6 is 0 Å². The topological polar surface area (TPSA) is 55.8 Å². The molecular formula is C22H44O4. The summed E-state index contributed by atoms with van der Waals surface area (Å²) in [7, 11) is 1.75. The van der Waals surface area contributed by atoms with Gasteiger partial charge in [-0.05, 0) is 26.7 Å². The first-order valence-corrected chi connectivity index (χ1v) is 10.9. The summed E-state index contributed by atoms with van der Waals surface area (Å²) < 4.78 is 11.1. The molecule has 0 rings (SSSR count). The SMILES string of the molecule is COCC(CCCCCCCCCCCCCCCC(=O)O)OC(C)C. The largest absolute Gasteiger partial charge is 0.481 e. The van der Waals surface area contributed by atoms with E-state index in [1.54, 1.807) is 7.11 Å². The van der Waals surface area contributed by atoms with E-state index in [0.717, 1.165) is 19.3 Å². The number of carboxylic acid groups (broad SMARTS) is 1. The summed E-state index contributed by atoms with van der Waals surface area (Å²) in [6, 6.07) is 0. The van der Waals surface area contributed by atoms with E-state index in [1.807, 2.05) is 0 Å². The number of hydrogen-bond acceptors (Lipinski definition) is 3. The van der Waals surface area contributed by atoms with Crippen LogP contribution in [-0.2, 0) is 14.3 Å². The van der Waals surface area contributed by atoms with Crippen molar-refractivity contribution in [2.24, 2.45) is 0 Å². The lowest BCUT2D eigenvalue weighted by Gasteiger charge is -2.19. The standard InChI is InChI=1S/C22H44O4/c1-20(2)26-21(19-25-3)17-15-13-11-9-7-5-4-6-8-10-12-14-16-18-22(23)24/h20-21H,4-19H2,1-3H3,(H,23,24). The third-order valence-corrected chi connectivity index (χ3v) is 4.73. The molecule has 0 aliphatic rings.